The van der Waals surface area contributed by atoms with Crippen molar-refractivity contribution in [1.82, 2.24) is 4.90 Å². The first-order valence-corrected chi connectivity index (χ1v) is 11.3. The molecule has 11 heteroatoms. The molecule has 2 heterocycles. The van der Waals surface area contributed by atoms with Gasteiger partial charge in [0.1, 0.15) is 0 Å². The van der Waals surface area contributed by atoms with Gasteiger partial charge >= 0.3 is 12.4 Å². The number of oxime groups is 1. The number of nitrogens with zero attached hydrogens (tertiary/aromatic N) is 2. The van der Waals surface area contributed by atoms with Crippen molar-refractivity contribution >= 4 is 23.2 Å². The van der Waals surface area contributed by atoms with Gasteiger partial charge in [0, 0.05) is 42.4 Å². The van der Waals surface area contributed by atoms with Gasteiger partial charge in [-0.2, -0.15) is 26.3 Å². The highest BCUT2D eigenvalue weighted by Crippen LogP contribution is 2.50. The van der Waals surface area contributed by atoms with Crippen LogP contribution in [0.15, 0.2) is 47.6 Å². The number of halogens is 7. The van der Waals surface area contributed by atoms with E-state index in [1.807, 2.05) is 6.92 Å². The normalized spacial score (nSPS) is 20.9. The van der Waals surface area contributed by atoms with Crippen molar-refractivity contribution in [1.29, 1.82) is 0 Å². The first-order chi connectivity index (χ1) is 16.3. The van der Waals surface area contributed by atoms with Gasteiger partial charge in [0.05, 0.1) is 11.3 Å². The number of amides is 1. The van der Waals surface area contributed by atoms with Crippen molar-refractivity contribution in [2.45, 2.75) is 50.1 Å². The molecule has 0 aliphatic carbocycles. The Kier molecular flexibility index (Phi) is 6.54. The summed E-state index contributed by atoms with van der Waals surface area (Å²) in [5.41, 5.74) is -3.93. The lowest BCUT2D eigenvalue weighted by atomic mass is 9.85. The Bertz CT molecular complexity index is 1140. The van der Waals surface area contributed by atoms with Crippen molar-refractivity contribution in [2.24, 2.45) is 5.16 Å². The van der Waals surface area contributed by atoms with Gasteiger partial charge in [0.15, 0.2) is 0 Å². The summed E-state index contributed by atoms with van der Waals surface area (Å²) in [6.45, 7) is 3.09. The van der Waals surface area contributed by atoms with E-state index >= 15 is 0 Å². The number of benzene rings is 2. The summed E-state index contributed by atoms with van der Waals surface area (Å²) in [4.78, 5) is 18.5. The molecule has 4 rings (SSSR count). The Balaban J connectivity index is 1.54. The maximum atomic E-state index is 14.2. The summed E-state index contributed by atoms with van der Waals surface area (Å²) in [7, 11) is 0. The largest absolute Gasteiger partial charge is 0.435 e. The molecule has 0 radical (unpaired) electrons. The molecule has 2 aliphatic rings. The molecule has 2 aromatic carbocycles. The van der Waals surface area contributed by atoms with E-state index in [0.717, 1.165) is 18.1 Å². The molecule has 0 bridgehead atoms. The van der Waals surface area contributed by atoms with Crippen LogP contribution < -0.4 is 0 Å². The standard InChI is InChI=1S/C24H21ClF6N2O2/c1-2-3-21(34)33-12-16(13-33)14-4-6-15(7-5-14)20-11-22(35-32-20,24(29,30)31)17-8-18(23(26,27)28)10-19(25)9-17/h4-10,16H,2-3,11-13H2,1H3. The number of hydrogen-bond donors (Lipinski definition) is 0. The monoisotopic (exact) mass is 518 g/mol. The van der Waals surface area contributed by atoms with Gasteiger partial charge in [-0.25, -0.2) is 0 Å². The number of likely N-dealkylation sites (tertiary alicyclic amines) is 1. The van der Waals surface area contributed by atoms with Crippen LogP contribution in [0.5, 0.6) is 0 Å². The molecule has 2 aliphatic heterocycles. The summed E-state index contributed by atoms with van der Waals surface area (Å²) in [5, 5.41) is 3.11. The van der Waals surface area contributed by atoms with Crippen molar-refractivity contribution < 1.29 is 36.0 Å². The number of carbonyl (C=O) groups is 1. The second-order valence-electron chi connectivity index (χ2n) is 8.72. The molecule has 1 amide bonds. The zero-order chi connectivity index (χ0) is 25.6. The van der Waals surface area contributed by atoms with Crippen LogP contribution in [0.4, 0.5) is 26.3 Å². The molecule has 0 spiro atoms. The Labute approximate surface area is 202 Å². The molecule has 1 saturated heterocycles. The zero-order valence-electron chi connectivity index (χ0n) is 18.5. The Morgan fingerprint density at radius 3 is 2.34 bits per heavy atom. The Morgan fingerprint density at radius 2 is 1.77 bits per heavy atom. The molecule has 0 aromatic heterocycles. The third-order valence-electron chi connectivity index (χ3n) is 6.29. The van der Waals surface area contributed by atoms with E-state index in [-0.39, 0.29) is 17.5 Å². The van der Waals surface area contributed by atoms with Gasteiger partial charge < -0.3 is 9.74 Å². The van der Waals surface area contributed by atoms with Crippen LogP contribution in [-0.2, 0) is 21.4 Å². The van der Waals surface area contributed by atoms with Gasteiger partial charge in [0.2, 0.25) is 5.91 Å². The SMILES string of the molecule is CCCC(=O)N1CC(c2ccc(C3=NOC(c4cc(Cl)cc(C(F)(F)F)c4)(C(F)(F)F)C3)cc2)C1. The molecule has 1 fully saturated rings. The Morgan fingerprint density at radius 1 is 1.11 bits per heavy atom. The van der Waals surface area contributed by atoms with Crippen molar-refractivity contribution in [3.63, 3.8) is 0 Å². The Hall–Kier alpha value is -2.75. The maximum absolute atomic E-state index is 14.2. The van der Waals surface area contributed by atoms with E-state index < -0.39 is 40.5 Å². The molecule has 0 saturated carbocycles. The molecular weight excluding hydrogens is 498 g/mol. The lowest BCUT2D eigenvalue weighted by Crippen LogP contribution is -2.48. The average molecular weight is 519 g/mol. The van der Waals surface area contributed by atoms with Crippen LogP contribution >= 0.6 is 11.6 Å². The van der Waals surface area contributed by atoms with Gasteiger partial charge in [-0.15, -0.1) is 0 Å². The molecule has 2 aromatic rings. The molecule has 4 nitrogen and oxygen atoms in total. The second-order valence-corrected chi connectivity index (χ2v) is 9.16. The van der Waals surface area contributed by atoms with Crippen LogP contribution in [0.1, 0.15) is 54.4 Å². The van der Waals surface area contributed by atoms with Gasteiger partial charge in [-0.1, -0.05) is 47.9 Å². The minimum absolute atomic E-state index is 0.0456. The van der Waals surface area contributed by atoms with Gasteiger partial charge in [-0.05, 0) is 35.7 Å². The van der Waals surface area contributed by atoms with Crippen LogP contribution in [-0.4, -0.2) is 35.8 Å². The van der Waals surface area contributed by atoms with Crippen molar-refractivity contribution in [2.75, 3.05) is 13.1 Å². The fraction of sp³-hybridized carbons (Fsp3) is 0.417. The number of hydrogen-bond acceptors (Lipinski definition) is 3. The fourth-order valence-corrected chi connectivity index (χ4v) is 4.49. The summed E-state index contributed by atoms with van der Waals surface area (Å²) in [6, 6.07) is 8.45. The summed E-state index contributed by atoms with van der Waals surface area (Å²) in [5.74, 6) is 0.226. The second kappa shape index (κ2) is 9.04. The maximum Gasteiger partial charge on any atom is 0.435 e. The highest BCUT2D eigenvalue weighted by atomic mass is 35.5. The molecular formula is C24H21ClF6N2O2. The van der Waals surface area contributed by atoms with E-state index in [0.29, 0.717) is 37.2 Å². The topological polar surface area (TPSA) is 41.9 Å². The summed E-state index contributed by atoms with van der Waals surface area (Å²) < 4.78 is 82.2. The van der Waals surface area contributed by atoms with Crippen LogP contribution in [0.25, 0.3) is 0 Å². The lowest BCUT2D eigenvalue weighted by molar-refractivity contribution is -0.276. The van der Waals surface area contributed by atoms with Crippen molar-refractivity contribution in [3.8, 4) is 0 Å². The van der Waals surface area contributed by atoms with Crippen molar-refractivity contribution in [3.05, 3.63) is 69.7 Å². The molecule has 35 heavy (non-hydrogen) atoms. The van der Waals surface area contributed by atoms with Crippen LogP contribution in [0, 0.1) is 0 Å². The number of alkyl halides is 6. The zero-order valence-corrected chi connectivity index (χ0v) is 19.3. The summed E-state index contributed by atoms with van der Waals surface area (Å²) >= 11 is 5.73. The van der Waals surface area contributed by atoms with E-state index in [1.54, 1.807) is 29.2 Å². The van der Waals surface area contributed by atoms with Crippen LogP contribution in [0.2, 0.25) is 5.02 Å². The molecule has 188 valence electrons. The van der Waals surface area contributed by atoms with E-state index in [9.17, 15) is 31.1 Å². The minimum Gasteiger partial charge on any atom is -0.374 e. The van der Waals surface area contributed by atoms with Crippen LogP contribution in [0.3, 0.4) is 0 Å². The van der Waals surface area contributed by atoms with Gasteiger partial charge in [0.25, 0.3) is 5.60 Å². The van der Waals surface area contributed by atoms with Gasteiger partial charge in [-0.3, -0.25) is 4.79 Å². The van der Waals surface area contributed by atoms with E-state index in [2.05, 4.69) is 5.16 Å². The first-order valence-electron chi connectivity index (χ1n) is 10.9. The molecule has 1 atom stereocenters. The lowest BCUT2D eigenvalue weighted by Gasteiger charge is -2.39. The highest BCUT2D eigenvalue weighted by molar-refractivity contribution is 6.30. The predicted molar refractivity (Wildman–Crippen MR) is 117 cm³/mol. The smallest absolute Gasteiger partial charge is 0.374 e. The first kappa shape index (κ1) is 25.3. The molecule has 1 unspecified atom stereocenters. The predicted octanol–water partition coefficient (Wildman–Crippen LogP) is 6.67. The minimum atomic E-state index is -5.06. The highest BCUT2D eigenvalue weighted by Gasteiger charge is 2.62. The fourth-order valence-electron chi connectivity index (χ4n) is 4.26. The third-order valence-corrected chi connectivity index (χ3v) is 6.51. The average Bonchev–Trinajstić information content (AvgIpc) is 3.19. The number of carbonyl (C=O) groups excluding carboxylic acids is 1. The number of rotatable bonds is 5. The summed E-state index contributed by atoms with van der Waals surface area (Å²) in [6.07, 6.45) is -9.50. The third kappa shape index (κ3) is 4.85. The van der Waals surface area contributed by atoms with E-state index in [4.69, 9.17) is 16.4 Å². The van der Waals surface area contributed by atoms with E-state index in [1.165, 1.54) is 0 Å². The molecule has 0 N–H and O–H groups in total. The quantitative estimate of drug-likeness (QED) is 0.415.